The molecule has 0 radical (unpaired) electrons. The van der Waals surface area contributed by atoms with Crippen molar-refractivity contribution in [3.8, 4) is 5.75 Å². The molecule has 0 aliphatic rings. The van der Waals surface area contributed by atoms with Gasteiger partial charge < -0.3 is 4.74 Å². The Morgan fingerprint density at radius 2 is 1.68 bits per heavy atom. The summed E-state index contributed by atoms with van der Waals surface area (Å²) in [5.74, 6) is 0.229. The summed E-state index contributed by atoms with van der Waals surface area (Å²) in [5.41, 5.74) is 0. The second-order valence-electron chi connectivity index (χ2n) is 4.57. The van der Waals surface area contributed by atoms with E-state index in [4.69, 9.17) is 16.3 Å². The van der Waals surface area contributed by atoms with Gasteiger partial charge in [-0.15, -0.1) is 0 Å². The van der Waals surface area contributed by atoms with Crippen molar-refractivity contribution in [2.45, 2.75) is 33.1 Å². The lowest BCUT2D eigenvalue weighted by Crippen LogP contribution is -2.19. The third kappa shape index (κ3) is 5.88. The van der Waals surface area contributed by atoms with Gasteiger partial charge in [0.2, 0.25) is 0 Å². The molecule has 0 aromatic heterocycles. The van der Waals surface area contributed by atoms with Crippen LogP contribution in [0.3, 0.4) is 0 Å². The highest BCUT2D eigenvalue weighted by atomic mass is 35.5. The van der Waals surface area contributed by atoms with Crippen LogP contribution in [0, 0.1) is 5.92 Å². The molecule has 104 valence electrons. The first kappa shape index (κ1) is 15.7. The first-order chi connectivity index (χ1) is 9.00. The van der Waals surface area contributed by atoms with Crippen molar-refractivity contribution in [2.75, 3.05) is 6.61 Å². The summed E-state index contributed by atoms with van der Waals surface area (Å²) in [6.07, 6.45) is 2.23. The third-order valence-electron chi connectivity index (χ3n) is 2.95. The van der Waals surface area contributed by atoms with Crippen molar-refractivity contribution in [1.82, 2.24) is 0 Å². The van der Waals surface area contributed by atoms with Crippen LogP contribution in [0.2, 0.25) is 5.02 Å². The molecule has 0 aliphatic heterocycles. The van der Waals surface area contributed by atoms with Gasteiger partial charge >= 0.3 is 0 Å². The Morgan fingerprint density at radius 1 is 1.11 bits per heavy atom. The quantitative estimate of drug-likeness (QED) is 0.539. The van der Waals surface area contributed by atoms with Gasteiger partial charge in [-0.3, -0.25) is 9.59 Å². The summed E-state index contributed by atoms with van der Waals surface area (Å²) in [6.45, 7) is 3.51. The molecule has 0 heterocycles. The van der Waals surface area contributed by atoms with Gasteiger partial charge in [-0.05, 0) is 57.4 Å². The molecule has 0 bridgehead atoms. The number of hydrogen-bond acceptors (Lipinski definition) is 3. The summed E-state index contributed by atoms with van der Waals surface area (Å²) in [6, 6.07) is 7.18. The van der Waals surface area contributed by atoms with Crippen molar-refractivity contribution >= 4 is 23.2 Å². The second kappa shape index (κ2) is 7.95. The molecule has 0 atom stereocenters. The zero-order chi connectivity index (χ0) is 14.3. The molecule has 1 aromatic rings. The summed E-state index contributed by atoms with van der Waals surface area (Å²) in [5, 5.41) is 0.679. The van der Waals surface area contributed by atoms with Gasteiger partial charge in [0.25, 0.3) is 0 Å². The van der Waals surface area contributed by atoms with E-state index in [9.17, 15) is 9.59 Å². The van der Waals surface area contributed by atoms with Gasteiger partial charge in [0.15, 0.2) is 0 Å². The fraction of sp³-hybridized carbons (Fsp3) is 0.467. The van der Waals surface area contributed by atoms with E-state index >= 15 is 0 Å². The summed E-state index contributed by atoms with van der Waals surface area (Å²) >= 11 is 5.77. The number of halogens is 1. The Kier molecular flexibility index (Phi) is 6.57. The molecule has 1 rings (SSSR count). The van der Waals surface area contributed by atoms with Crippen molar-refractivity contribution < 1.29 is 14.3 Å². The van der Waals surface area contributed by atoms with Gasteiger partial charge in [0, 0.05) is 5.02 Å². The summed E-state index contributed by atoms with van der Waals surface area (Å²) in [4.78, 5) is 22.5. The first-order valence-electron chi connectivity index (χ1n) is 6.40. The van der Waals surface area contributed by atoms with Crippen molar-refractivity contribution in [1.29, 1.82) is 0 Å². The lowest BCUT2D eigenvalue weighted by atomic mass is 9.94. The molecular weight excluding hydrogens is 264 g/mol. The van der Waals surface area contributed by atoms with E-state index in [1.54, 1.807) is 12.1 Å². The third-order valence-corrected chi connectivity index (χ3v) is 3.20. The van der Waals surface area contributed by atoms with E-state index in [2.05, 4.69) is 0 Å². The standard InChI is InChI=1S/C15H19ClO3/c1-11(17)15(12(2)18)5-3-4-10-19-14-8-6-13(16)7-9-14/h6-9,15H,3-5,10H2,1-2H3. The molecule has 19 heavy (non-hydrogen) atoms. The average molecular weight is 283 g/mol. The Hall–Kier alpha value is -1.35. The molecule has 0 aliphatic carbocycles. The largest absolute Gasteiger partial charge is 0.494 e. The summed E-state index contributed by atoms with van der Waals surface area (Å²) in [7, 11) is 0. The average Bonchev–Trinajstić information content (AvgIpc) is 2.34. The van der Waals surface area contributed by atoms with Crippen LogP contribution in [0.4, 0.5) is 0 Å². The molecule has 0 amide bonds. The van der Waals surface area contributed by atoms with Crippen LogP contribution in [-0.2, 0) is 9.59 Å². The zero-order valence-electron chi connectivity index (χ0n) is 11.3. The van der Waals surface area contributed by atoms with Crippen LogP contribution in [0.25, 0.3) is 0 Å². The smallest absolute Gasteiger partial charge is 0.140 e. The molecular formula is C15H19ClO3. The first-order valence-corrected chi connectivity index (χ1v) is 6.77. The monoisotopic (exact) mass is 282 g/mol. The van der Waals surface area contributed by atoms with E-state index in [-0.39, 0.29) is 11.6 Å². The molecule has 0 N–H and O–H groups in total. The maximum atomic E-state index is 11.2. The minimum Gasteiger partial charge on any atom is -0.494 e. The maximum absolute atomic E-state index is 11.2. The molecule has 0 fully saturated rings. The minimum absolute atomic E-state index is 0.0499. The molecule has 4 heteroatoms. The number of Topliss-reactive ketones (excluding diaryl/α,β-unsaturated/α-hetero) is 2. The van der Waals surface area contributed by atoms with Gasteiger partial charge in [-0.2, -0.15) is 0 Å². The number of ether oxygens (including phenoxy) is 1. The highest BCUT2D eigenvalue weighted by Gasteiger charge is 2.18. The van der Waals surface area contributed by atoms with Crippen LogP contribution in [0.1, 0.15) is 33.1 Å². The van der Waals surface area contributed by atoms with Crippen molar-refractivity contribution in [3.63, 3.8) is 0 Å². The van der Waals surface area contributed by atoms with Crippen LogP contribution >= 0.6 is 11.6 Å². The van der Waals surface area contributed by atoms with E-state index in [1.165, 1.54) is 13.8 Å². The predicted octanol–water partition coefficient (Wildman–Crippen LogP) is 3.68. The Balaban J connectivity index is 2.22. The van der Waals surface area contributed by atoms with Gasteiger partial charge in [0.1, 0.15) is 17.3 Å². The SMILES string of the molecule is CC(=O)C(CCCCOc1ccc(Cl)cc1)C(C)=O. The van der Waals surface area contributed by atoms with E-state index < -0.39 is 5.92 Å². The van der Waals surface area contributed by atoms with Crippen LogP contribution < -0.4 is 4.74 Å². The molecule has 0 unspecified atom stereocenters. The predicted molar refractivity (Wildman–Crippen MR) is 75.7 cm³/mol. The highest BCUT2D eigenvalue weighted by molar-refractivity contribution is 6.30. The number of ketones is 2. The number of benzene rings is 1. The van der Waals surface area contributed by atoms with E-state index in [1.807, 2.05) is 12.1 Å². The van der Waals surface area contributed by atoms with Gasteiger partial charge in [-0.25, -0.2) is 0 Å². The fourth-order valence-electron chi connectivity index (χ4n) is 1.86. The Bertz CT molecular complexity index is 412. The Morgan fingerprint density at radius 3 is 2.21 bits per heavy atom. The molecule has 0 saturated heterocycles. The number of rotatable bonds is 8. The fourth-order valence-corrected chi connectivity index (χ4v) is 1.99. The zero-order valence-corrected chi connectivity index (χ0v) is 12.1. The van der Waals surface area contributed by atoms with Gasteiger partial charge in [0.05, 0.1) is 12.5 Å². The maximum Gasteiger partial charge on any atom is 0.140 e. The highest BCUT2D eigenvalue weighted by Crippen LogP contribution is 2.16. The lowest BCUT2D eigenvalue weighted by molar-refractivity contribution is -0.130. The van der Waals surface area contributed by atoms with E-state index in [0.717, 1.165) is 18.6 Å². The number of carbonyl (C=O) groups is 2. The minimum atomic E-state index is -0.449. The van der Waals surface area contributed by atoms with Crippen LogP contribution in [-0.4, -0.2) is 18.2 Å². The topological polar surface area (TPSA) is 43.4 Å². The van der Waals surface area contributed by atoms with Crippen molar-refractivity contribution in [3.05, 3.63) is 29.3 Å². The molecule has 0 saturated carbocycles. The van der Waals surface area contributed by atoms with E-state index in [0.29, 0.717) is 18.1 Å². The Labute approximate surface area is 118 Å². The molecule has 0 spiro atoms. The van der Waals surface area contributed by atoms with Crippen LogP contribution in [0.15, 0.2) is 24.3 Å². The van der Waals surface area contributed by atoms with Gasteiger partial charge in [-0.1, -0.05) is 11.6 Å². The van der Waals surface area contributed by atoms with Crippen LogP contribution in [0.5, 0.6) is 5.75 Å². The normalized spacial score (nSPS) is 10.5. The molecule has 3 nitrogen and oxygen atoms in total. The second-order valence-corrected chi connectivity index (χ2v) is 5.01. The number of unbranched alkanes of at least 4 members (excludes halogenated alkanes) is 1. The summed E-state index contributed by atoms with van der Waals surface area (Å²) < 4.78 is 5.54. The number of hydrogen-bond donors (Lipinski definition) is 0. The van der Waals surface area contributed by atoms with Crippen molar-refractivity contribution in [2.24, 2.45) is 5.92 Å². The molecule has 1 aromatic carbocycles. The lowest BCUT2D eigenvalue weighted by Gasteiger charge is -2.10. The number of carbonyl (C=O) groups excluding carboxylic acids is 2.